The Morgan fingerprint density at radius 3 is 1.11 bits per heavy atom. The summed E-state index contributed by atoms with van der Waals surface area (Å²) < 4.78 is 29.0. The summed E-state index contributed by atoms with van der Waals surface area (Å²) in [5, 5.41) is 26.9. The summed E-state index contributed by atoms with van der Waals surface area (Å²) in [6.07, 6.45) is 26.7. The number of amides is 1. The van der Waals surface area contributed by atoms with Crippen LogP contribution >= 0.6 is 23.2 Å². The molecule has 3 fully saturated rings. The summed E-state index contributed by atoms with van der Waals surface area (Å²) in [6.45, 7) is 17.6. The van der Waals surface area contributed by atoms with Crippen LogP contribution in [-0.2, 0) is 56.2 Å². The minimum absolute atomic E-state index is 0.0319. The third-order valence-electron chi connectivity index (χ3n) is 24.4. The van der Waals surface area contributed by atoms with Gasteiger partial charge in [0.15, 0.2) is 17.3 Å². The molecule has 18 rings (SSSR count). The number of hydrazone groups is 1. The van der Waals surface area contributed by atoms with Crippen molar-refractivity contribution >= 4 is 52.2 Å². The van der Waals surface area contributed by atoms with Crippen LogP contribution in [0.3, 0.4) is 0 Å². The Kier molecular flexibility index (Phi) is 32.0. The Balaban J connectivity index is 0.000000125. The molecule has 0 radical (unpaired) electrons. The average molecular weight is 1660 g/mol. The van der Waals surface area contributed by atoms with Crippen LogP contribution in [0.1, 0.15) is 224 Å². The van der Waals surface area contributed by atoms with E-state index in [0.717, 1.165) is 268 Å². The second kappa shape index (κ2) is 43.6. The van der Waals surface area contributed by atoms with Gasteiger partial charge in [0, 0.05) is 127 Å². The number of H-pyrrole nitrogens is 2. The molecule has 632 valence electrons. The molecule has 6 aromatic carbocycles. The van der Waals surface area contributed by atoms with Crippen molar-refractivity contribution in [3.63, 3.8) is 0 Å². The van der Waals surface area contributed by atoms with Crippen molar-refractivity contribution in [1.29, 1.82) is 0 Å². The van der Waals surface area contributed by atoms with Gasteiger partial charge in [0.05, 0.1) is 50.1 Å². The van der Waals surface area contributed by atoms with Crippen molar-refractivity contribution in [2.45, 2.75) is 212 Å². The number of Topliss-reactive ketones (excluding diaryl/α,β-unsaturated/α-hetero) is 3. The SMILES string of the molecule is C[C@@H]1CCCN1CCCOc1ccc2c(c1)CCC1CC(=O)NN=C21.C[C@@H]1CCCN1CCCOc1ccc2c(c1)CCCC2=O.C[C@@H]1CCCN1CCCOc1ccc2c(c1)CCc1cc(=O)[nH]nc1-2.O=C1CCCc2cc(O)ccc21.O=C1CCCc2cc(OCCCCl)ccc21.O=c1cc2c(n[nH]1)-c1ccc(OCCCCl)cc1CC2. The lowest BCUT2D eigenvalue weighted by Crippen LogP contribution is -2.36. The van der Waals surface area contributed by atoms with Crippen molar-refractivity contribution in [3.8, 4) is 57.0 Å². The Morgan fingerprint density at radius 1 is 0.378 bits per heavy atom. The van der Waals surface area contributed by atoms with E-state index < -0.39 is 0 Å². The Labute approximate surface area is 709 Å². The summed E-state index contributed by atoms with van der Waals surface area (Å²) in [6, 6.07) is 40.7. The molecule has 0 saturated carbocycles. The van der Waals surface area contributed by atoms with Gasteiger partial charge in [-0.15, -0.1) is 23.2 Å². The van der Waals surface area contributed by atoms with Gasteiger partial charge in [0.2, 0.25) is 5.91 Å². The number of rotatable bonds is 23. The summed E-state index contributed by atoms with van der Waals surface area (Å²) in [5.41, 5.74) is 20.1. The van der Waals surface area contributed by atoms with Crippen LogP contribution in [0.2, 0.25) is 0 Å². The van der Waals surface area contributed by atoms with Crippen LogP contribution in [0.5, 0.6) is 34.5 Å². The lowest BCUT2D eigenvalue weighted by Gasteiger charge is -2.29. The number of aryl methyl sites for hydroxylation is 8. The molecule has 10 aliphatic rings. The number of benzene rings is 6. The molecule has 0 bridgehead atoms. The summed E-state index contributed by atoms with van der Waals surface area (Å²) >= 11 is 11.2. The number of ketones is 3. The number of alkyl halides is 2. The molecule has 23 heteroatoms. The molecule has 6 heterocycles. The van der Waals surface area contributed by atoms with Crippen molar-refractivity contribution in [1.82, 2.24) is 40.5 Å². The monoisotopic (exact) mass is 1660 g/mol. The highest BCUT2D eigenvalue weighted by Gasteiger charge is 2.32. The molecular formula is C96H117Cl2N9O12. The highest BCUT2D eigenvalue weighted by atomic mass is 35.5. The predicted molar refractivity (Wildman–Crippen MR) is 469 cm³/mol. The van der Waals surface area contributed by atoms with E-state index >= 15 is 0 Å². The second-order valence-corrected chi connectivity index (χ2v) is 33.7. The van der Waals surface area contributed by atoms with Gasteiger partial charge in [-0.05, 0) is 342 Å². The Morgan fingerprint density at radius 2 is 0.723 bits per heavy atom. The maximum Gasteiger partial charge on any atom is 0.264 e. The number of fused-ring (bicyclic) bond motifs is 12. The highest BCUT2D eigenvalue weighted by molar-refractivity contribution is 6.18. The van der Waals surface area contributed by atoms with Crippen molar-refractivity contribution in [3.05, 3.63) is 209 Å². The van der Waals surface area contributed by atoms with Gasteiger partial charge in [0.1, 0.15) is 34.5 Å². The molecular weight excluding hydrogens is 1540 g/mol. The number of nitrogens with zero attached hydrogens (tertiary/aromatic N) is 6. The summed E-state index contributed by atoms with van der Waals surface area (Å²) in [5.74, 6) is 7.03. The lowest BCUT2D eigenvalue weighted by atomic mass is 9.80. The Hall–Kier alpha value is -9.51. The van der Waals surface area contributed by atoms with Gasteiger partial charge in [-0.3, -0.25) is 28.8 Å². The van der Waals surface area contributed by atoms with Gasteiger partial charge in [-0.1, -0.05) is 0 Å². The number of ether oxygens (including phenoxy) is 5. The fourth-order valence-electron chi connectivity index (χ4n) is 17.9. The number of aromatic nitrogens is 4. The zero-order chi connectivity index (χ0) is 83.0. The van der Waals surface area contributed by atoms with Gasteiger partial charge < -0.3 is 43.5 Å². The molecule has 2 aromatic heterocycles. The number of halogens is 2. The van der Waals surface area contributed by atoms with Gasteiger partial charge >= 0.3 is 0 Å². The van der Waals surface area contributed by atoms with Gasteiger partial charge in [0.25, 0.3) is 11.1 Å². The number of hydrogen-bond acceptors (Lipinski definition) is 18. The number of carbonyl (C=O) groups is 4. The first-order valence-corrected chi connectivity index (χ1v) is 44.7. The standard InChI is InChI=1S/C20H27N3O2.C20H25N3O2.C18H25NO2.C15H15ClN2O2.C13H15ClO2.C10H10O2/c2*1-14-4-2-9-23(14)10-3-11-25-17-7-8-18-15(12-17)5-6-16-13-19(24)21-22-20(16)18;1-14-5-3-10-19(14)11-4-12-21-16-8-9-17-15(13-16)6-2-7-18(17)20;16-6-1-7-20-12-4-5-13-10(8-12)2-3-11-9-14(19)17-18-15(11)13;14-7-2-8-16-11-5-6-12-10(9-11)3-1-4-13(12)15;11-8-4-5-9-7(6-8)2-1-3-10(9)12/h7-8,12,14,16H,2-6,9-11,13H2,1H3,(H,21,24);7-8,12-14H,2-6,9-11H2,1H3,(H,21,24);8-9,13-14H,2-7,10-12H2,1H3;4-5,8-9H,1-3,6-7H2,(H,17,19);5-6,9H,1-4,7-8H2;4-6,11H,1-3H2/t14-,16?;2*14-;;;/m111.../s1. The second-order valence-electron chi connectivity index (χ2n) is 32.9. The van der Waals surface area contributed by atoms with Crippen LogP contribution < -0.4 is 40.2 Å². The number of phenolic OH excluding ortho intramolecular Hbond substituents is 1. The molecule has 3 saturated heterocycles. The number of hydrogen-bond donors (Lipinski definition) is 4. The average Bonchev–Trinajstić information content (AvgIpc) is 1.75. The number of phenols is 1. The van der Waals surface area contributed by atoms with E-state index in [9.17, 15) is 28.8 Å². The number of nitrogens with one attached hydrogen (secondary N) is 3. The molecule has 6 aliphatic carbocycles. The third kappa shape index (κ3) is 24.2. The first kappa shape index (κ1) is 87.3. The predicted octanol–water partition coefficient (Wildman–Crippen LogP) is 16.6. The number of aromatic hydroxyl groups is 1. The molecule has 8 aromatic rings. The minimum Gasteiger partial charge on any atom is -0.508 e. The van der Waals surface area contributed by atoms with Gasteiger partial charge in [-0.2, -0.15) is 15.3 Å². The normalized spacial score (nSPS) is 19.2. The van der Waals surface area contributed by atoms with E-state index in [1.165, 1.54) is 80.4 Å². The third-order valence-corrected chi connectivity index (χ3v) is 25.0. The van der Waals surface area contributed by atoms with Crippen LogP contribution in [-0.4, -0.2) is 171 Å². The van der Waals surface area contributed by atoms with Crippen LogP contribution in [0, 0.1) is 5.92 Å². The largest absolute Gasteiger partial charge is 0.508 e. The number of carbonyl (C=O) groups excluding carboxylic acids is 4. The van der Waals surface area contributed by atoms with Crippen molar-refractivity contribution in [2.24, 2.45) is 11.0 Å². The fourth-order valence-corrected chi connectivity index (χ4v) is 18.1. The molecule has 0 spiro atoms. The molecule has 4 aliphatic heterocycles. The molecule has 4 N–H and O–H groups in total. The van der Waals surface area contributed by atoms with E-state index in [4.69, 9.17) is 52.0 Å². The van der Waals surface area contributed by atoms with E-state index in [-0.39, 0.29) is 46.0 Å². The van der Waals surface area contributed by atoms with E-state index in [1.807, 2.05) is 54.6 Å². The molecule has 1 unspecified atom stereocenters. The van der Waals surface area contributed by atoms with Crippen LogP contribution in [0.25, 0.3) is 22.5 Å². The van der Waals surface area contributed by atoms with E-state index in [0.29, 0.717) is 50.7 Å². The van der Waals surface area contributed by atoms with Crippen LogP contribution in [0.15, 0.2) is 136 Å². The van der Waals surface area contributed by atoms with Crippen molar-refractivity contribution < 1.29 is 48.0 Å². The molecule has 21 nitrogen and oxygen atoms in total. The number of aromatic amines is 2. The van der Waals surface area contributed by atoms with Crippen molar-refractivity contribution in [2.75, 3.05) is 84.1 Å². The molecule has 1 amide bonds. The topological polar surface area (TPSA) is 260 Å². The summed E-state index contributed by atoms with van der Waals surface area (Å²) in [4.78, 5) is 76.6. The van der Waals surface area contributed by atoms with E-state index in [2.05, 4.69) is 103 Å². The highest BCUT2D eigenvalue weighted by Crippen LogP contribution is 2.38. The molecule has 119 heavy (non-hydrogen) atoms. The quantitative estimate of drug-likeness (QED) is 0.0343. The zero-order valence-corrected chi connectivity index (χ0v) is 71.0. The first-order chi connectivity index (χ1) is 58.0. The fraction of sp³-hybridized carbons (Fsp3) is 0.490. The smallest absolute Gasteiger partial charge is 0.264 e. The lowest BCUT2D eigenvalue weighted by molar-refractivity contribution is -0.122. The zero-order valence-electron chi connectivity index (χ0n) is 69.5. The first-order valence-electron chi connectivity index (χ1n) is 43.6. The molecule has 4 atom stereocenters. The number of likely N-dealkylation sites (tertiary alicyclic amines) is 3. The maximum atomic E-state index is 11.8. The minimum atomic E-state index is -0.145. The Bertz CT molecular complexity index is 4970. The summed E-state index contributed by atoms with van der Waals surface area (Å²) in [7, 11) is 0. The van der Waals surface area contributed by atoms with E-state index in [1.54, 1.807) is 30.3 Å². The van der Waals surface area contributed by atoms with Crippen LogP contribution in [0.4, 0.5) is 0 Å². The maximum absolute atomic E-state index is 11.8. The van der Waals surface area contributed by atoms with Gasteiger partial charge in [-0.25, -0.2) is 15.6 Å².